The maximum absolute atomic E-state index is 5.41. The second kappa shape index (κ2) is 8.97. The Morgan fingerprint density at radius 1 is 0.439 bits per heavy atom. The summed E-state index contributed by atoms with van der Waals surface area (Å²) in [5.41, 5.74) is 9.99. The third-order valence-corrected chi connectivity index (χ3v) is 8.58. The standard InChI is InChI=1S/C39H28N2/c1-39(2)35-32-23-12-10-21-30(32)29-20-9-11-22-31(29)33(35)34-36(26-16-7-4-8-17-26)40-38(41-37(34)39)28-19-13-18-27(24-28)25-14-5-3-6-15-25/h3-24H,1-2H3. The second-order valence-electron chi connectivity index (χ2n) is 11.4. The fourth-order valence-corrected chi connectivity index (χ4v) is 6.72. The number of aromatic nitrogens is 2. The molecule has 6 aromatic carbocycles. The molecule has 0 N–H and O–H groups in total. The fourth-order valence-electron chi connectivity index (χ4n) is 6.72. The van der Waals surface area contributed by atoms with E-state index in [0.29, 0.717) is 0 Å². The van der Waals surface area contributed by atoms with Crippen LogP contribution in [0.5, 0.6) is 0 Å². The molecule has 1 heterocycles. The van der Waals surface area contributed by atoms with Crippen LogP contribution >= 0.6 is 0 Å². The van der Waals surface area contributed by atoms with Crippen LogP contribution in [0.2, 0.25) is 0 Å². The third kappa shape index (κ3) is 3.57. The van der Waals surface area contributed by atoms with Crippen molar-refractivity contribution in [1.82, 2.24) is 9.97 Å². The van der Waals surface area contributed by atoms with Gasteiger partial charge < -0.3 is 0 Å². The third-order valence-electron chi connectivity index (χ3n) is 8.58. The molecular weight excluding hydrogens is 496 g/mol. The van der Waals surface area contributed by atoms with Crippen LogP contribution < -0.4 is 0 Å². The Bertz CT molecular complexity index is 2110. The van der Waals surface area contributed by atoms with Crippen molar-refractivity contribution in [3.8, 4) is 44.9 Å². The normalized spacial score (nSPS) is 13.3. The van der Waals surface area contributed by atoms with Crippen LogP contribution in [-0.4, -0.2) is 9.97 Å². The van der Waals surface area contributed by atoms with E-state index in [-0.39, 0.29) is 5.41 Å². The minimum atomic E-state index is -0.313. The Morgan fingerprint density at radius 3 is 1.68 bits per heavy atom. The number of fused-ring (bicyclic) bond motifs is 8. The van der Waals surface area contributed by atoms with Crippen molar-refractivity contribution in [2.75, 3.05) is 0 Å². The summed E-state index contributed by atoms with van der Waals surface area (Å²) in [5, 5.41) is 5.10. The largest absolute Gasteiger partial charge is 0.231 e. The molecule has 0 atom stereocenters. The smallest absolute Gasteiger partial charge is 0.160 e. The van der Waals surface area contributed by atoms with Crippen LogP contribution in [0.15, 0.2) is 133 Å². The Hall–Kier alpha value is -5.08. The van der Waals surface area contributed by atoms with Gasteiger partial charge in [0.05, 0.1) is 11.4 Å². The fraction of sp³-hybridized carbons (Fsp3) is 0.0769. The molecule has 2 nitrogen and oxygen atoms in total. The van der Waals surface area contributed by atoms with E-state index in [4.69, 9.17) is 9.97 Å². The van der Waals surface area contributed by atoms with E-state index < -0.39 is 0 Å². The maximum Gasteiger partial charge on any atom is 0.160 e. The molecule has 0 spiro atoms. The molecule has 194 valence electrons. The van der Waals surface area contributed by atoms with Crippen LogP contribution in [0.4, 0.5) is 0 Å². The quantitative estimate of drug-likeness (QED) is 0.215. The highest BCUT2D eigenvalue weighted by atomic mass is 14.9. The van der Waals surface area contributed by atoms with Gasteiger partial charge >= 0.3 is 0 Å². The van der Waals surface area contributed by atoms with E-state index in [1.807, 2.05) is 0 Å². The lowest BCUT2D eigenvalue weighted by molar-refractivity contribution is 0.641. The number of hydrogen-bond acceptors (Lipinski definition) is 2. The van der Waals surface area contributed by atoms with Crippen LogP contribution in [0.1, 0.15) is 25.1 Å². The van der Waals surface area contributed by atoms with Gasteiger partial charge in [0.2, 0.25) is 0 Å². The Labute approximate surface area is 240 Å². The van der Waals surface area contributed by atoms with Gasteiger partial charge in [-0.2, -0.15) is 0 Å². The zero-order valence-corrected chi connectivity index (χ0v) is 23.1. The first-order valence-corrected chi connectivity index (χ1v) is 14.2. The van der Waals surface area contributed by atoms with Gasteiger partial charge in [-0.1, -0.05) is 141 Å². The van der Waals surface area contributed by atoms with E-state index in [0.717, 1.165) is 39.5 Å². The van der Waals surface area contributed by atoms with E-state index >= 15 is 0 Å². The van der Waals surface area contributed by atoms with Crippen LogP contribution in [0, 0.1) is 0 Å². The molecule has 0 aliphatic heterocycles. The molecule has 0 radical (unpaired) electrons. The zero-order chi connectivity index (χ0) is 27.6. The molecule has 41 heavy (non-hydrogen) atoms. The Morgan fingerprint density at radius 2 is 0.976 bits per heavy atom. The molecule has 0 bridgehead atoms. The van der Waals surface area contributed by atoms with Gasteiger partial charge in [-0.15, -0.1) is 0 Å². The monoisotopic (exact) mass is 524 g/mol. The number of rotatable bonds is 3. The van der Waals surface area contributed by atoms with Crippen LogP contribution in [0.3, 0.4) is 0 Å². The zero-order valence-electron chi connectivity index (χ0n) is 23.1. The van der Waals surface area contributed by atoms with Crippen molar-refractivity contribution in [3.05, 3.63) is 145 Å². The molecule has 1 aliphatic carbocycles. The van der Waals surface area contributed by atoms with Crippen molar-refractivity contribution in [3.63, 3.8) is 0 Å². The average molecular weight is 525 g/mol. The van der Waals surface area contributed by atoms with Crippen molar-refractivity contribution < 1.29 is 0 Å². The van der Waals surface area contributed by atoms with E-state index in [1.165, 1.54) is 38.2 Å². The molecule has 0 saturated heterocycles. The van der Waals surface area contributed by atoms with Crippen molar-refractivity contribution in [2.24, 2.45) is 0 Å². The Balaban J connectivity index is 1.47. The van der Waals surface area contributed by atoms with E-state index in [9.17, 15) is 0 Å². The molecule has 8 rings (SSSR count). The molecule has 0 fully saturated rings. The van der Waals surface area contributed by atoms with Gasteiger partial charge in [0.1, 0.15) is 0 Å². The molecular formula is C39H28N2. The average Bonchev–Trinajstić information content (AvgIpc) is 3.28. The maximum atomic E-state index is 5.41. The summed E-state index contributed by atoms with van der Waals surface area (Å²) >= 11 is 0. The Kier molecular flexibility index (Phi) is 5.20. The second-order valence-corrected chi connectivity index (χ2v) is 11.4. The molecule has 2 heteroatoms. The molecule has 7 aromatic rings. The van der Waals surface area contributed by atoms with Gasteiger partial charge in [0.25, 0.3) is 0 Å². The molecule has 0 amide bonds. The molecule has 1 aromatic heterocycles. The van der Waals surface area contributed by atoms with Crippen LogP contribution in [-0.2, 0) is 5.41 Å². The molecule has 0 saturated carbocycles. The van der Waals surface area contributed by atoms with E-state index in [2.05, 4.69) is 147 Å². The van der Waals surface area contributed by atoms with Crippen molar-refractivity contribution >= 4 is 21.5 Å². The lowest BCUT2D eigenvalue weighted by Gasteiger charge is -2.23. The summed E-state index contributed by atoms with van der Waals surface area (Å²) in [6, 6.07) is 47.3. The number of nitrogens with zero attached hydrogens (tertiary/aromatic N) is 2. The summed E-state index contributed by atoms with van der Waals surface area (Å²) in [7, 11) is 0. The number of benzene rings is 6. The van der Waals surface area contributed by atoms with Gasteiger partial charge in [-0.25, -0.2) is 9.97 Å². The minimum Gasteiger partial charge on any atom is -0.231 e. The lowest BCUT2D eigenvalue weighted by atomic mass is 9.81. The highest BCUT2D eigenvalue weighted by Crippen LogP contribution is 2.56. The van der Waals surface area contributed by atoms with Gasteiger partial charge in [0.15, 0.2) is 5.82 Å². The summed E-state index contributed by atoms with van der Waals surface area (Å²) < 4.78 is 0. The predicted molar refractivity (Wildman–Crippen MR) is 171 cm³/mol. The first-order chi connectivity index (χ1) is 20.1. The highest BCUT2D eigenvalue weighted by Gasteiger charge is 2.42. The first kappa shape index (κ1) is 23.8. The summed E-state index contributed by atoms with van der Waals surface area (Å²) in [6.07, 6.45) is 0. The van der Waals surface area contributed by atoms with Crippen LogP contribution in [0.25, 0.3) is 66.4 Å². The molecule has 0 unspecified atom stereocenters. The minimum absolute atomic E-state index is 0.313. The SMILES string of the molecule is CC1(C)c2nc(-c3cccc(-c4ccccc4)c3)nc(-c3ccccc3)c2-c2c1c1ccccc1c1ccccc21. The topological polar surface area (TPSA) is 25.8 Å². The lowest BCUT2D eigenvalue weighted by Crippen LogP contribution is -2.18. The van der Waals surface area contributed by atoms with Gasteiger partial charge in [0, 0.05) is 22.1 Å². The summed E-state index contributed by atoms with van der Waals surface area (Å²) in [6.45, 7) is 4.65. The first-order valence-electron chi connectivity index (χ1n) is 14.2. The predicted octanol–water partition coefficient (Wildman–Crippen LogP) is 10.1. The van der Waals surface area contributed by atoms with E-state index in [1.54, 1.807) is 0 Å². The van der Waals surface area contributed by atoms with Gasteiger partial charge in [-0.3, -0.25) is 0 Å². The summed E-state index contributed by atoms with van der Waals surface area (Å²) in [4.78, 5) is 10.8. The summed E-state index contributed by atoms with van der Waals surface area (Å²) in [5.74, 6) is 0.759. The molecule has 1 aliphatic rings. The highest BCUT2D eigenvalue weighted by molar-refractivity contribution is 6.19. The van der Waals surface area contributed by atoms with Crippen molar-refractivity contribution in [2.45, 2.75) is 19.3 Å². The number of hydrogen-bond donors (Lipinski definition) is 0. The van der Waals surface area contributed by atoms with Gasteiger partial charge in [-0.05, 0) is 49.9 Å². The van der Waals surface area contributed by atoms with Crippen molar-refractivity contribution in [1.29, 1.82) is 0 Å².